The molecule has 2 heterocycles. The van der Waals surface area contributed by atoms with Gasteiger partial charge in [-0.1, -0.05) is 25.1 Å². The van der Waals surface area contributed by atoms with E-state index in [1.165, 1.54) is 0 Å². The van der Waals surface area contributed by atoms with Gasteiger partial charge in [-0.25, -0.2) is 4.79 Å². The zero-order valence-electron chi connectivity index (χ0n) is 14.1. The monoisotopic (exact) mass is 328 g/mol. The van der Waals surface area contributed by atoms with Gasteiger partial charge < -0.3 is 15.4 Å². The van der Waals surface area contributed by atoms with Crippen molar-refractivity contribution in [1.29, 1.82) is 0 Å². The fraction of sp³-hybridized carbons (Fsp3) is 0.444. The molecule has 6 heteroatoms. The van der Waals surface area contributed by atoms with Gasteiger partial charge >= 0.3 is 6.03 Å². The van der Waals surface area contributed by atoms with Crippen molar-refractivity contribution in [1.82, 2.24) is 20.4 Å². The number of para-hydroxylation sites is 1. The zero-order valence-corrected chi connectivity index (χ0v) is 14.1. The number of urea groups is 1. The number of nitrogens with zero attached hydrogens (tertiary/aromatic N) is 2. The molecule has 0 unspecified atom stereocenters. The average Bonchev–Trinajstić information content (AvgIpc) is 3.22. The van der Waals surface area contributed by atoms with E-state index in [1.807, 2.05) is 42.1 Å². The van der Waals surface area contributed by atoms with Gasteiger partial charge in [0.05, 0.1) is 6.61 Å². The minimum Gasteiger partial charge on any atom is -0.493 e. The third-order valence-electron chi connectivity index (χ3n) is 4.37. The maximum absolute atomic E-state index is 12.1. The Kier molecular flexibility index (Phi) is 5.03. The predicted molar refractivity (Wildman–Crippen MR) is 92.1 cm³/mol. The molecular formula is C18H24N4O2. The maximum atomic E-state index is 12.1. The van der Waals surface area contributed by atoms with Crippen molar-refractivity contribution in [3.63, 3.8) is 0 Å². The van der Waals surface area contributed by atoms with Crippen LogP contribution in [0.3, 0.4) is 0 Å². The first-order valence-electron chi connectivity index (χ1n) is 8.37. The van der Waals surface area contributed by atoms with Crippen molar-refractivity contribution in [3.05, 3.63) is 48.3 Å². The van der Waals surface area contributed by atoms with Crippen LogP contribution < -0.4 is 15.4 Å². The van der Waals surface area contributed by atoms with Crippen molar-refractivity contribution < 1.29 is 9.53 Å². The Morgan fingerprint density at radius 1 is 1.38 bits per heavy atom. The van der Waals surface area contributed by atoms with Gasteiger partial charge in [0.1, 0.15) is 5.75 Å². The van der Waals surface area contributed by atoms with E-state index in [4.69, 9.17) is 4.74 Å². The lowest BCUT2D eigenvalue weighted by Gasteiger charge is -2.21. The molecule has 0 bridgehead atoms. The molecule has 3 atom stereocenters. The van der Waals surface area contributed by atoms with E-state index in [2.05, 4.69) is 28.7 Å². The third-order valence-corrected chi connectivity index (χ3v) is 4.37. The quantitative estimate of drug-likeness (QED) is 0.855. The van der Waals surface area contributed by atoms with Crippen LogP contribution in [-0.2, 0) is 6.54 Å². The highest BCUT2D eigenvalue weighted by atomic mass is 16.5. The average molecular weight is 328 g/mol. The van der Waals surface area contributed by atoms with Gasteiger partial charge in [-0.2, -0.15) is 5.10 Å². The number of hydrogen-bond donors (Lipinski definition) is 2. The van der Waals surface area contributed by atoms with Crippen molar-refractivity contribution in [2.24, 2.45) is 5.92 Å². The lowest BCUT2D eigenvalue weighted by molar-refractivity contribution is 0.230. The van der Waals surface area contributed by atoms with E-state index in [0.29, 0.717) is 19.1 Å². The van der Waals surface area contributed by atoms with Gasteiger partial charge in [0.15, 0.2) is 0 Å². The van der Waals surface area contributed by atoms with Gasteiger partial charge in [0.25, 0.3) is 0 Å². The summed E-state index contributed by atoms with van der Waals surface area (Å²) in [4.78, 5) is 12.1. The molecule has 0 saturated heterocycles. The van der Waals surface area contributed by atoms with E-state index in [0.717, 1.165) is 17.9 Å². The smallest absolute Gasteiger partial charge is 0.315 e. The second kappa shape index (κ2) is 7.38. The molecule has 2 amide bonds. The van der Waals surface area contributed by atoms with Gasteiger partial charge in [0.2, 0.25) is 0 Å². The van der Waals surface area contributed by atoms with E-state index in [1.54, 1.807) is 6.20 Å². The summed E-state index contributed by atoms with van der Waals surface area (Å²) in [7, 11) is 0. The van der Waals surface area contributed by atoms with Crippen LogP contribution in [0, 0.1) is 5.92 Å². The van der Waals surface area contributed by atoms with Gasteiger partial charge in [-0.05, 0) is 25.0 Å². The summed E-state index contributed by atoms with van der Waals surface area (Å²) in [6, 6.07) is 9.77. The Hall–Kier alpha value is -2.50. The first-order chi connectivity index (χ1) is 11.6. The number of aromatic nitrogens is 2. The molecule has 6 nitrogen and oxygen atoms in total. The van der Waals surface area contributed by atoms with Crippen molar-refractivity contribution in [3.8, 4) is 5.75 Å². The normalized spacial score (nSPS) is 18.3. The van der Waals surface area contributed by atoms with Crippen LogP contribution in [0.5, 0.6) is 5.75 Å². The topological polar surface area (TPSA) is 68.2 Å². The van der Waals surface area contributed by atoms with Crippen LogP contribution >= 0.6 is 0 Å². The highest BCUT2D eigenvalue weighted by Gasteiger charge is 2.29. The SMILES string of the molecule is C[C@H](CNC(=O)N[C@H](C)[C@H]1COc2ccccc21)Cn1cccn1. The van der Waals surface area contributed by atoms with Crippen LogP contribution in [0.2, 0.25) is 0 Å². The Labute approximate surface area is 142 Å². The van der Waals surface area contributed by atoms with Gasteiger partial charge in [0, 0.05) is 43.0 Å². The largest absolute Gasteiger partial charge is 0.493 e. The molecular weight excluding hydrogens is 304 g/mol. The molecule has 2 N–H and O–H groups in total. The highest BCUT2D eigenvalue weighted by Crippen LogP contribution is 2.35. The number of carbonyl (C=O) groups is 1. The molecule has 0 fully saturated rings. The number of hydrogen-bond acceptors (Lipinski definition) is 3. The number of fused-ring (bicyclic) bond motifs is 1. The number of benzene rings is 1. The molecule has 0 radical (unpaired) electrons. The van der Waals surface area contributed by atoms with E-state index >= 15 is 0 Å². The van der Waals surface area contributed by atoms with Crippen LogP contribution in [0.1, 0.15) is 25.3 Å². The van der Waals surface area contributed by atoms with Gasteiger partial charge in [-0.15, -0.1) is 0 Å². The van der Waals surface area contributed by atoms with E-state index in [-0.39, 0.29) is 18.0 Å². The van der Waals surface area contributed by atoms with Crippen LogP contribution in [0.15, 0.2) is 42.7 Å². The lowest BCUT2D eigenvalue weighted by atomic mass is 9.94. The van der Waals surface area contributed by atoms with Crippen LogP contribution in [-0.4, -0.2) is 35.0 Å². The Balaban J connectivity index is 1.45. The van der Waals surface area contributed by atoms with Gasteiger partial charge in [-0.3, -0.25) is 4.68 Å². The summed E-state index contributed by atoms with van der Waals surface area (Å²) in [5.74, 6) is 1.42. The van der Waals surface area contributed by atoms with Crippen molar-refractivity contribution in [2.45, 2.75) is 32.4 Å². The number of nitrogens with one attached hydrogen (secondary N) is 2. The minimum absolute atomic E-state index is 0.00933. The standard InChI is InChI=1S/C18H24N4O2/c1-13(11-22-9-5-8-20-22)10-19-18(23)21-14(2)16-12-24-17-7-4-3-6-15(16)17/h3-9,13-14,16H,10-12H2,1-2H3,(H2,19,21,23)/t13-,14-,16-/m1/s1. The molecule has 1 aromatic carbocycles. The molecule has 128 valence electrons. The minimum atomic E-state index is -0.140. The predicted octanol–water partition coefficient (Wildman–Crippen LogP) is 2.38. The molecule has 0 aliphatic carbocycles. The summed E-state index contributed by atoms with van der Waals surface area (Å²) in [5, 5.41) is 10.1. The Morgan fingerprint density at radius 3 is 3.00 bits per heavy atom. The van der Waals surface area contributed by atoms with E-state index < -0.39 is 0 Å². The summed E-state index contributed by atoms with van der Waals surface area (Å²) < 4.78 is 7.56. The van der Waals surface area contributed by atoms with E-state index in [9.17, 15) is 4.79 Å². The molecule has 1 aliphatic heterocycles. The number of amides is 2. The van der Waals surface area contributed by atoms with Crippen molar-refractivity contribution in [2.75, 3.05) is 13.2 Å². The number of carbonyl (C=O) groups excluding carboxylic acids is 1. The van der Waals surface area contributed by atoms with Crippen molar-refractivity contribution >= 4 is 6.03 Å². The molecule has 2 aromatic rings. The number of rotatable bonds is 6. The molecule has 0 spiro atoms. The molecule has 1 aliphatic rings. The second-order valence-corrected chi connectivity index (χ2v) is 6.43. The second-order valence-electron chi connectivity index (χ2n) is 6.43. The zero-order chi connectivity index (χ0) is 16.9. The summed E-state index contributed by atoms with van der Waals surface area (Å²) in [6.45, 7) is 6.11. The first-order valence-corrected chi connectivity index (χ1v) is 8.37. The van der Waals surface area contributed by atoms with Crippen LogP contribution in [0.25, 0.3) is 0 Å². The summed E-state index contributed by atoms with van der Waals surface area (Å²) in [6.07, 6.45) is 3.69. The Bertz CT molecular complexity index is 671. The highest BCUT2D eigenvalue weighted by molar-refractivity contribution is 5.74. The van der Waals surface area contributed by atoms with Crippen LogP contribution in [0.4, 0.5) is 4.79 Å². The fourth-order valence-electron chi connectivity index (χ4n) is 3.02. The lowest BCUT2D eigenvalue weighted by Crippen LogP contribution is -2.45. The maximum Gasteiger partial charge on any atom is 0.315 e. The first kappa shape index (κ1) is 16.4. The number of ether oxygens (including phenoxy) is 1. The third kappa shape index (κ3) is 3.88. The molecule has 3 rings (SSSR count). The molecule has 1 aromatic heterocycles. The summed E-state index contributed by atoms with van der Waals surface area (Å²) >= 11 is 0. The molecule has 24 heavy (non-hydrogen) atoms. The Morgan fingerprint density at radius 2 is 2.21 bits per heavy atom. The molecule has 0 saturated carbocycles. The summed E-state index contributed by atoms with van der Waals surface area (Å²) in [5.41, 5.74) is 1.16. The fourth-order valence-corrected chi connectivity index (χ4v) is 3.02.